The van der Waals surface area contributed by atoms with Gasteiger partial charge in [0, 0.05) is 19.3 Å². The topological polar surface area (TPSA) is 69.0 Å². The summed E-state index contributed by atoms with van der Waals surface area (Å²) >= 11 is 0. The third kappa shape index (κ3) is 6.79. The Morgan fingerprint density at radius 1 is 1.53 bits per heavy atom. The highest BCUT2D eigenvalue weighted by atomic mass is 16.6. The molecular weight excluding hydrogens is 244 g/mol. The van der Waals surface area contributed by atoms with E-state index in [4.69, 9.17) is 4.74 Å². The molecule has 0 saturated carbocycles. The number of ether oxygens (including phenoxy) is 1. The average molecular weight is 268 g/mol. The molecule has 1 unspecified atom stereocenters. The van der Waals surface area contributed by atoms with Crippen LogP contribution >= 0.6 is 0 Å². The number of rotatable bonds is 5. The second-order valence-electron chi connectivity index (χ2n) is 5.82. The first-order chi connectivity index (χ1) is 8.76. The molecule has 108 valence electrons. The lowest BCUT2D eigenvalue weighted by atomic mass is 10.1. The van der Waals surface area contributed by atoms with E-state index in [1.165, 1.54) is 0 Å². The van der Waals surface area contributed by atoms with Gasteiger partial charge in [-0.3, -0.25) is 4.68 Å². The molecule has 0 aromatic carbocycles. The Kier molecular flexibility index (Phi) is 5.32. The third-order valence-electron chi connectivity index (χ3n) is 2.48. The molecule has 1 aromatic heterocycles. The molecule has 0 aliphatic carbocycles. The quantitative estimate of drug-likeness (QED) is 0.887. The zero-order valence-electron chi connectivity index (χ0n) is 12.4. The van der Waals surface area contributed by atoms with Crippen LogP contribution in [0, 0.1) is 0 Å². The molecular formula is C13H24N4O2. The van der Waals surface area contributed by atoms with Crippen molar-refractivity contribution in [1.82, 2.24) is 20.3 Å². The van der Waals surface area contributed by atoms with E-state index in [1.807, 2.05) is 40.9 Å². The average Bonchev–Trinajstić information content (AvgIpc) is 2.60. The smallest absolute Gasteiger partial charge is 0.407 e. The highest BCUT2D eigenvalue weighted by Gasteiger charge is 2.17. The zero-order chi connectivity index (χ0) is 14.5. The van der Waals surface area contributed by atoms with Crippen molar-refractivity contribution >= 4 is 6.09 Å². The van der Waals surface area contributed by atoms with E-state index in [9.17, 15) is 4.79 Å². The van der Waals surface area contributed by atoms with E-state index in [-0.39, 0.29) is 12.1 Å². The normalized spacial score (nSPS) is 13.1. The highest BCUT2D eigenvalue weighted by molar-refractivity contribution is 5.67. The summed E-state index contributed by atoms with van der Waals surface area (Å²) in [5, 5.41) is 10.7. The number of carbonyl (C=O) groups excluding carboxylic acids is 1. The van der Waals surface area contributed by atoms with Crippen LogP contribution in [0.1, 0.15) is 46.2 Å². The lowest BCUT2D eigenvalue weighted by molar-refractivity contribution is 0.0506. The fraction of sp³-hybridized carbons (Fsp3) is 0.769. The van der Waals surface area contributed by atoms with Gasteiger partial charge < -0.3 is 10.1 Å². The van der Waals surface area contributed by atoms with Crippen molar-refractivity contribution in [2.24, 2.45) is 7.05 Å². The third-order valence-corrected chi connectivity index (χ3v) is 2.48. The standard InChI is InChI=1S/C13H24N4O2/c1-10(14-12(18)19-13(2,3)4)7-6-8-11-9-17(5)16-15-11/h9-10H,6-8H2,1-5H3,(H,14,18). The number of hydrogen-bond donors (Lipinski definition) is 1. The number of amides is 1. The van der Waals surface area contributed by atoms with E-state index in [0.717, 1.165) is 25.0 Å². The molecule has 0 fully saturated rings. The van der Waals surface area contributed by atoms with Crippen LogP contribution in [0.2, 0.25) is 0 Å². The van der Waals surface area contributed by atoms with Gasteiger partial charge in [-0.05, 0) is 47.0 Å². The van der Waals surface area contributed by atoms with E-state index >= 15 is 0 Å². The predicted octanol–water partition coefficient (Wildman–Crippen LogP) is 2.05. The minimum absolute atomic E-state index is 0.0894. The molecule has 6 nitrogen and oxygen atoms in total. The van der Waals surface area contributed by atoms with Crippen molar-refractivity contribution in [3.05, 3.63) is 11.9 Å². The minimum Gasteiger partial charge on any atom is -0.444 e. The maximum absolute atomic E-state index is 11.5. The van der Waals surface area contributed by atoms with E-state index in [1.54, 1.807) is 4.68 Å². The summed E-state index contributed by atoms with van der Waals surface area (Å²) in [6, 6.07) is 0.0894. The van der Waals surface area contributed by atoms with Crippen LogP contribution in [0.3, 0.4) is 0 Å². The van der Waals surface area contributed by atoms with Crippen molar-refractivity contribution < 1.29 is 9.53 Å². The van der Waals surface area contributed by atoms with Gasteiger partial charge >= 0.3 is 6.09 Å². The second kappa shape index (κ2) is 6.54. The van der Waals surface area contributed by atoms with Gasteiger partial charge in [0.15, 0.2) is 0 Å². The number of aryl methyl sites for hydroxylation is 2. The first-order valence-corrected chi connectivity index (χ1v) is 6.61. The molecule has 1 atom stereocenters. The van der Waals surface area contributed by atoms with Gasteiger partial charge in [0.25, 0.3) is 0 Å². The van der Waals surface area contributed by atoms with Gasteiger partial charge in [0.05, 0.1) is 5.69 Å². The number of alkyl carbamates (subject to hydrolysis) is 1. The molecule has 1 amide bonds. The van der Waals surface area contributed by atoms with E-state index < -0.39 is 5.60 Å². The number of aromatic nitrogens is 3. The molecule has 1 rings (SSSR count). The summed E-state index contributed by atoms with van der Waals surface area (Å²) in [7, 11) is 1.85. The van der Waals surface area contributed by atoms with Crippen molar-refractivity contribution in [2.45, 2.75) is 58.6 Å². The molecule has 19 heavy (non-hydrogen) atoms. The lowest BCUT2D eigenvalue weighted by Gasteiger charge is -2.21. The maximum Gasteiger partial charge on any atom is 0.407 e. The van der Waals surface area contributed by atoms with Crippen LogP contribution < -0.4 is 5.32 Å². The first-order valence-electron chi connectivity index (χ1n) is 6.61. The van der Waals surface area contributed by atoms with Crippen molar-refractivity contribution in [2.75, 3.05) is 0 Å². The Balaban J connectivity index is 2.21. The Bertz CT molecular complexity index is 409. The summed E-state index contributed by atoms with van der Waals surface area (Å²) in [6.45, 7) is 7.53. The molecule has 0 saturated heterocycles. The van der Waals surface area contributed by atoms with Gasteiger partial charge in [0.2, 0.25) is 0 Å². The van der Waals surface area contributed by atoms with Crippen LogP contribution in [0.5, 0.6) is 0 Å². The summed E-state index contributed by atoms with van der Waals surface area (Å²) in [6.07, 6.45) is 4.26. The van der Waals surface area contributed by atoms with Crippen LogP contribution in [0.4, 0.5) is 4.79 Å². The molecule has 0 spiro atoms. The number of nitrogens with one attached hydrogen (secondary N) is 1. The fourth-order valence-corrected chi connectivity index (χ4v) is 1.68. The van der Waals surface area contributed by atoms with Crippen LogP contribution in [0.25, 0.3) is 0 Å². The summed E-state index contributed by atoms with van der Waals surface area (Å²) in [4.78, 5) is 11.5. The van der Waals surface area contributed by atoms with E-state index in [0.29, 0.717) is 0 Å². The van der Waals surface area contributed by atoms with E-state index in [2.05, 4.69) is 15.6 Å². The van der Waals surface area contributed by atoms with Crippen LogP contribution in [-0.4, -0.2) is 32.7 Å². The number of hydrogen-bond acceptors (Lipinski definition) is 4. The molecule has 1 heterocycles. The molecule has 6 heteroatoms. The van der Waals surface area contributed by atoms with Crippen molar-refractivity contribution in [3.63, 3.8) is 0 Å². The Labute approximate surface area is 114 Å². The zero-order valence-corrected chi connectivity index (χ0v) is 12.4. The molecule has 0 aliphatic heterocycles. The fourth-order valence-electron chi connectivity index (χ4n) is 1.68. The summed E-state index contributed by atoms with van der Waals surface area (Å²) in [5.41, 5.74) is 0.524. The van der Waals surface area contributed by atoms with Gasteiger partial charge in [-0.1, -0.05) is 5.21 Å². The Hall–Kier alpha value is -1.59. The highest BCUT2D eigenvalue weighted by Crippen LogP contribution is 2.08. The maximum atomic E-state index is 11.5. The number of nitrogens with zero attached hydrogens (tertiary/aromatic N) is 3. The second-order valence-corrected chi connectivity index (χ2v) is 5.82. The first kappa shape index (κ1) is 15.5. The molecule has 0 bridgehead atoms. The largest absolute Gasteiger partial charge is 0.444 e. The lowest BCUT2D eigenvalue weighted by Crippen LogP contribution is -2.37. The molecule has 0 radical (unpaired) electrons. The SMILES string of the molecule is CC(CCCc1cn(C)nn1)NC(=O)OC(C)(C)C. The molecule has 1 N–H and O–H groups in total. The summed E-state index contributed by atoms with van der Waals surface area (Å²) < 4.78 is 6.89. The van der Waals surface area contributed by atoms with Crippen LogP contribution in [0.15, 0.2) is 6.20 Å². The predicted molar refractivity (Wildman–Crippen MR) is 72.8 cm³/mol. The minimum atomic E-state index is -0.455. The number of carbonyl (C=O) groups is 1. The van der Waals surface area contributed by atoms with Gasteiger partial charge in [-0.15, -0.1) is 5.10 Å². The summed E-state index contributed by atoms with van der Waals surface area (Å²) in [5.74, 6) is 0. The monoisotopic (exact) mass is 268 g/mol. The van der Waals surface area contributed by atoms with Gasteiger partial charge in [0.1, 0.15) is 5.60 Å². The molecule has 0 aliphatic rings. The van der Waals surface area contributed by atoms with Crippen molar-refractivity contribution in [3.8, 4) is 0 Å². The van der Waals surface area contributed by atoms with Gasteiger partial charge in [-0.25, -0.2) is 4.79 Å². The Morgan fingerprint density at radius 2 is 2.21 bits per heavy atom. The molecule has 1 aromatic rings. The Morgan fingerprint density at radius 3 is 2.74 bits per heavy atom. The van der Waals surface area contributed by atoms with Crippen LogP contribution in [-0.2, 0) is 18.2 Å². The van der Waals surface area contributed by atoms with Gasteiger partial charge in [-0.2, -0.15) is 0 Å². The van der Waals surface area contributed by atoms with Crippen molar-refractivity contribution in [1.29, 1.82) is 0 Å².